The molecule has 16 heavy (non-hydrogen) atoms. The summed E-state index contributed by atoms with van der Waals surface area (Å²) in [4.78, 5) is 13.5. The monoisotopic (exact) mass is 218 g/mol. The SMILES string of the molecule is Cc1ccc(CCC(=O)N2CC(N)C2)cc1. The largest absolute Gasteiger partial charge is 0.339 e. The molecule has 0 bridgehead atoms. The maximum absolute atomic E-state index is 11.7. The Hall–Kier alpha value is -1.35. The fraction of sp³-hybridized carbons (Fsp3) is 0.462. The molecule has 1 saturated heterocycles. The van der Waals surface area contributed by atoms with Crippen molar-refractivity contribution >= 4 is 5.91 Å². The lowest BCUT2D eigenvalue weighted by Crippen LogP contribution is -2.57. The molecule has 3 heteroatoms. The van der Waals surface area contributed by atoms with Gasteiger partial charge in [-0.25, -0.2) is 0 Å². The lowest BCUT2D eigenvalue weighted by molar-refractivity contribution is -0.135. The summed E-state index contributed by atoms with van der Waals surface area (Å²) >= 11 is 0. The number of nitrogens with zero attached hydrogens (tertiary/aromatic N) is 1. The number of hydrogen-bond donors (Lipinski definition) is 1. The molecule has 1 fully saturated rings. The predicted octanol–water partition coefficient (Wildman–Crippen LogP) is 1.10. The molecule has 0 aromatic heterocycles. The van der Waals surface area contributed by atoms with Crippen LogP contribution in [-0.2, 0) is 11.2 Å². The van der Waals surface area contributed by atoms with Crippen molar-refractivity contribution < 1.29 is 4.79 Å². The summed E-state index contributed by atoms with van der Waals surface area (Å²) in [5.74, 6) is 0.224. The molecule has 0 saturated carbocycles. The third kappa shape index (κ3) is 2.61. The minimum Gasteiger partial charge on any atom is -0.339 e. The van der Waals surface area contributed by atoms with Crippen LogP contribution in [0, 0.1) is 6.92 Å². The minimum absolute atomic E-state index is 0.198. The fourth-order valence-corrected chi connectivity index (χ4v) is 1.88. The zero-order chi connectivity index (χ0) is 11.5. The van der Waals surface area contributed by atoms with E-state index in [4.69, 9.17) is 5.73 Å². The molecular formula is C13H18N2O. The van der Waals surface area contributed by atoms with Crippen molar-refractivity contribution in [2.45, 2.75) is 25.8 Å². The van der Waals surface area contributed by atoms with Gasteiger partial charge in [-0.15, -0.1) is 0 Å². The van der Waals surface area contributed by atoms with E-state index in [9.17, 15) is 4.79 Å². The Morgan fingerprint density at radius 3 is 2.56 bits per heavy atom. The summed E-state index contributed by atoms with van der Waals surface area (Å²) in [7, 11) is 0. The van der Waals surface area contributed by atoms with Crippen molar-refractivity contribution in [2.24, 2.45) is 5.73 Å². The predicted molar refractivity (Wildman–Crippen MR) is 64.1 cm³/mol. The number of carbonyl (C=O) groups excluding carboxylic acids is 1. The first-order valence-corrected chi connectivity index (χ1v) is 5.74. The number of rotatable bonds is 3. The normalized spacial score (nSPS) is 16.0. The van der Waals surface area contributed by atoms with Crippen molar-refractivity contribution in [3.8, 4) is 0 Å². The number of aryl methyl sites for hydroxylation is 2. The molecule has 0 unspecified atom stereocenters. The van der Waals surface area contributed by atoms with Crippen LogP contribution in [0.5, 0.6) is 0 Å². The summed E-state index contributed by atoms with van der Waals surface area (Å²) in [5, 5.41) is 0. The molecule has 3 nitrogen and oxygen atoms in total. The van der Waals surface area contributed by atoms with Crippen LogP contribution in [0.25, 0.3) is 0 Å². The van der Waals surface area contributed by atoms with Crippen molar-refractivity contribution in [3.63, 3.8) is 0 Å². The van der Waals surface area contributed by atoms with Crippen LogP contribution >= 0.6 is 0 Å². The van der Waals surface area contributed by atoms with E-state index in [-0.39, 0.29) is 11.9 Å². The number of nitrogens with two attached hydrogens (primary N) is 1. The van der Waals surface area contributed by atoms with Crippen LogP contribution in [0.3, 0.4) is 0 Å². The van der Waals surface area contributed by atoms with Gasteiger partial charge >= 0.3 is 0 Å². The molecule has 2 N–H and O–H groups in total. The van der Waals surface area contributed by atoms with Crippen LogP contribution in [-0.4, -0.2) is 29.9 Å². The van der Waals surface area contributed by atoms with Gasteiger partial charge in [0.25, 0.3) is 0 Å². The third-order valence-electron chi connectivity index (χ3n) is 3.01. The van der Waals surface area contributed by atoms with Gasteiger partial charge in [0.05, 0.1) is 0 Å². The molecule has 1 aromatic rings. The standard InChI is InChI=1S/C13H18N2O/c1-10-2-4-11(5-3-10)6-7-13(16)15-8-12(14)9-15/h2-5,12H,6-9,14H2,1H3. The molecule has 0 spiro atoms. The lowest BCUT2D eigenvalue weighted by Gasteiger charge is -2.36. The topological polar surface area (TPSA) is 46.3 Å². The van der Waals surface area contributed by atoms with Gasteiger partial charge in [-0.1, -0.05) is 29.8 Å². The van der Waals surface area contributed by atoms with Gasteiger partial charge in [-0.05, 0) is 18.9 Å². The summed E-state index contributed by atoms with van der Waals surface area (Å²) in [6.07, 6.45) is 1.42. The van der Waals surface area contributed by atoms with Crippen molar-refractivity contribution in [2.75, 3.05) is 13.1 Å². The smallest absolute Gasteiger partial charge is 0.223 e. The first-order chi connectivity index (χ1) is 7.65. The second-order valence-electron chi connectivity index (χ2n) is 4.54. The molecule has 1 aliphatic heterocycles. The Labute approximate surface area is 96.2 Å². The van der Waals surface area contributed by atoms with Crippen LogP contribution in [0.1, 0.15) is 17.5 Å². The van der Waals surface area contributed by atoms with Gasteiger partial charge in [0.15, 0.2) is 0 Å². The zero-order valence-corrected chi connectivity index (χ0v) is 9.65. The Morgan fingerprint density at radius 2 is 2.00 bits per heavy atom. The number of hydrogen-bond acceptors (Lipinski definition) is 2. The number of amides is 1. The summed E-state index contributed by atoms with van der Waals surface area (Å²) in [6.45, 7) is 3.52. The van der Waals surface area contributed by atoms with E-state index in [1.807, 2.05) is 4.90 Å². The third-order valence-corrected chi connectivity index (χ3v) is 3.01. The first kappa shape index (κ1) is 11.1. The molecule has 1 aliphatic rings. The van der Waals surface area contributed by atoms with E-state index in [2.05, 4.69) is 31.2 Å². The average Bonchev–Trinajstić information content (AvgIpc) is 2.24. The Balaban J connectivity index is 1.79. The highest BCUT2D eigenvalue weighted by Crippen LogP contribution is 2.11. The maximum atomic E-state index is 11.7. The molecule has 1 amide bonds. The molecule has 86 valence electrons. The van der Waals surface area contributed by atoms with E-state index < -0.39 is 0 Å². The lowest BCUT2D eigenvalue weighted by atomic mass is 10.1. The highest BCUT2D eigenvalue weighted by Gasteiger charge is 2.26. The van der Waals surface area contributed by atoms with Crippen molar-refractivity contribution in [3.05, 3.63) is 35.4 Å². The van der Waals surface area contributed by atoms with Gasteiger partial charge in [0, 0.05) is 25.6 Å². The van der Waals surface area contributed by atoms with Gasteiger partial charge in [-0.3, -0.25) is 4.79 Å². The Kier molecular flexibility index (Phi) is 3.25. The summed E-state index contributed by atoms with van der Waals surface area (Å²) in [6, 6.07) is 8.54. The number of carbonyl (C=O) groups is 1. The molecule has 0 atom stereocenters. The van der Waals surface area contributed by atoms with Crippen LogP contribution in [0.15, 0.2) is 24.3 Å². The Bertz CT molecular complexity index is 366. The Morgan fingerprint density at radius 1 is 1.38 bits per heavy atom. The van der Waals surface area contributed by atoms with Crippen LogP contribution in [0.4, 0.5) is 0 Å². The second kappa shape index (κ2) is 4.66. The fourth-order valence-electron chi connectivity index (χ4n) is 1.88. The van der Waals surface area contributed by atoms with Gasteiger partial charge in [-0.2, -0.15) is 0 Å². The van der Waals surface area contributed by atoms with Gasteiger partial charge in [0.2, 0.25) is 5.91 Å². The second-order valence-corrected chi connectivity index (χ2v) is 4.54. The molecular weight excluding hydrogens is 200 g/mol. The van der Waals surface area contributed by atoms with E-state index in [1.165, 1.54) is 11.1 Å². The van der Waals surface area contributed by atoms with E-state index in [0.29, 0.717) is 6.42 Å². The number of benzene rings is 1. The minimum atomic E-state index is 0.198. The molecule has 1 heterocycles. The van der Waals surface area contributed by atoms with E-state index >= 15 is 0 Å². The number of likely N-dealkylation sites (tertiary alicyclic amines) is 1. The van der Waals surface area contributed by atoms with Crippen LogP contribution in [0.2, 0.25) is 0 Å². The summed E-state index contributed by atoms with van der Waals surface area (Å²) < 4.78 is 0. The van der Waals surface area contributed by atoms with E-state index in [1.54, 1.807) is 0 Å². The van der Waals surface area contributed by atoms with Gasteiger partial charge in [0.1, 0.15) is 0 Å². The summed E-state index contributed by atoms with van der Waals surface area (Å²) in [5.41, 5.74) is 8.12. The van der Waals surface area contributed by atoms with Gasteiger partial charge < -0.3 is 10.6 Å². The highest BCUT2D eigenvalue weighted by atomic mass is 16.2. The highest BCUT2D eigenvalue weighted by molar-refractivity contribution is 5.77. The zero-order valence-electron chi connectivity index (χ0n) is 9.65. The molecule has 0 radical (unpaired) electrons. The quantitative estimate of drug-likeness (QED) is 0.825. The first-order valence-electron chi connectivity index (χ1n) is 5.74. The van der Waals surface area contributed by atoms with Crippen molar-refractivity contribution in [1.29, 1.82) is 0 Å². The van der Waals surface area contributed by atoms with Crippen LogP contribution < -0.4 is 5.73 Å². The van der Waals surface area contributed by atoms with Crippen molar-refractivity contribution in [1.82, 2.24) is 4.90 Å². The average molecular weight is 218 g/mol. The maximum Gasteiger partial charge on any atom is 0.223 e. The molecule has 0 aliphatic carbocycles. The molecule has 2 rings (SSSR count). The van der Waals surface area contributed by atoms with E-state index in [0.717, 1.165) is 19.5 Å². The molecule has 1 aromatic carbocycles.